The zero-order chi connectivity index (χ0) is 14.0. The van der Waals surface area contributed by atoms with Gasteiger partial charge in [-0.2, -0.15) is 0 Å². The fourth-order valence-corrected chi connectivity index (χ4v) is 2.13. The van der Waals surface area contributed by atoms with Crippen LogP contribution in [0.15, 0.2) is 9.59 Å². The summed E-state index contributed by atoms with van der Waals surface area (Å²) < 4.78 is 3.27. The number of H-pyrrole nitrogens is 1. The highest BCUT2D eigenvalue weighted by Crippen LogP contribution is 2.09. The molecule has 0 saturated heterocycles. The Bertz CT molecular complexity index is 694. The van der Waals surface area contributed by atoms with Crippen molar-refractivity contribution in [1.82, 2.24) is 24.4 Å². The Morgan fingerprint density at radius 1 is 1.37 bits per heavy atom. The predicted molar refractivity (Wildman–Crippen MR) is 73.3 cm³/mol. The van der Waals surface area contributed by atoms with Gasteiger partial charge >= 0.3 is 5.69 Å². The molecule has 2 heterocycles. The van der Waals surface area contributed by atoms with Gasteiger partial charge in [-0.15, -0.1) is 0 Å². The maximum absolute atomic E-state index is 11.9. The molecule has 104 valence electrons. The molecule has 0 saturated carbocycles. The summed E-state index contributed by atoms with van der Waals surface area (Å²) in [5.74, 6) is 0.735. The summed E-state index contributed by atoms with van der Waals surface area (Å²) in [5.41, 5.74) is 0.140. The summed E-state index contributed by atoms with van der Waals surface area (Å²) in [4.78, 5) is 30.6. The number of aromatic nitrogens is 4. The highest BCUT2D eigenvalue weighted by atomic mass is 16.2. The van der Waals surface area contributed by atoms with Gasteiger partial charge in [-0.25, -0.2) is 9.78 Å². The van der Waals surface area contributed by atoms with E-state index in [0.29, 0.717) is 24.3 Å². The maximum Gasteiger partial charge on any atom is 0.330 e. The Morgan fingerprint density at radius 2 is 2.11 bits per heavy atom. The highest BCUT2D eigenvalue weighted by Gasteiger charge is 2.15. The molecule has 0 spiro atoms. The van der Waals surface area contributed by atoms with Crippen molar-refractivity contribution in [1.29, 1.82) is 0 Å². The van der Waals surface area contributed by atoms with Crippen LogP contribution in [0.3, 0.4) is 0 Å². The van der Waals surface area contributed by atoms with Gasteiger partial charge in [0.2, 0.25) is 0 Å². The second kappa shape index (κ2) is 5.40. The van der Waals surface area contributed by atoms with Gasteiger partial charge in [0.1, 0.15) is 5.82 Å². The third kappa shape index (κ3) is 2.33. The number of nitrogens with zero attached hydrogens (tertiary/aromatic N) is 3. The first-order valence-electron chi connectivity index (χ1n) is 6.43. The van der Waals surface area contributed by atoms with Crippen LogP contribution in [0.1, 0.15) is 25.6 Å². The molecule has 0 amide bonds. The number of imidazole rings is 1. The molecule has 7 heteroatoms. The van der Waals surface area contributed by atoms with E-state index in [4.69, 9.17) is 0 Å². The van der Waals surface area contributed by atoms with E-state index >= 15 is 0 Å². The van der Waals surface area contributed by atoms with Gasteiger partial charge in [0.15, 0.2) is 11.2 Å². The van der Waals surface area contributed by atoms with Crippen LogP contribution < -0.4 is 16.6 Å². The summed E-state index contributed by atoms with van der Waals surface area (Å²) in [7, 11) is 3.60. The van der Waals surface area contributed by atoms with Gasteiger partial charge in [-0.05, 0) is 13.5 Å². The molecular weight excluding hydrogens is 246 g/mol. The van der Waals surface area contributed by atoms with Crippen LogP contribution in [0.2, 0.25) is 0 Å². The fourth-order valence-electron chi connectivity index (χ4n) is 2.13. The molecule has 0 aliphatic heterocycles. The molecular formula is C12H19N5O2. The second-order valence-electron chi connectivity index (χ2n) is 4.55. The van der Waals surface area contributed by atoms with Crippen LogP contribution in [0, 0.1) is 0 Å². The molecule has 2 aromatic rings. The average Bonchev–Trinajstić information content (AvgIpc) is 2.68. The van der Waals surface area contributed by atoms with E-state index in [0.717, 1.165) is 18.7 Å². The number of unbranched alkanes of at least 4 members (excludes halogenated alkanes) is 1. The number of aryl methyl sites for hydroxylation is 2. The van der Waals surface area contributed by atoms with Gasteiger partial charge in [0, 0.05) is 13.6 Å². The Labute approximate surface area is 110 Å². The van der Waals surface area contributed by atoms with Crippen LogP contribution in [-0.4, -0.2) is 26.1 Å². The van der Waals surface area contributed by atoms with E-state index in [9.17, 15) is 9.59 Å². The van der Waals surface area contributed by atoms with Crippen molar-refractivity contribution in [3.63, 3.8) is 0 Å². The lowest BCUT2D eigenvalue weighted by atomic mass is 10.3. The van der Waals surface area contributed by atoms with Gasteiger partial charge in [0.25, 0.3) is 5.56 Å². The molecule has 0 unspecified atom stereocenters. The highest BCUT2D eigenvalue weighted by molar-refractivity contribution is 5.70. The number of hydrogen-bond donors (Lipinski definition) is 2. The molecule has 2 aromatic heterocycles. The predicted octanol–water partition coefficient (Wildman–Crippen LogP) is -0.0572. The molecule has 2 N–H and O–H groups in total. The van der Waals surface area contributed by atoms with Crippen molar-refractivity contribution in [2.45, 2.75) is 32.9 Å². The fraction of sp³-hybridized carbons (Fsp3) is 0.583. The number of nitrogens with one attached hydrogen (secondary N) is 2. The largest absolute Gasteiger partial charge is 0.330 e. The number of aromatic amines is 1. The topological polar surface area (TPSA) is 84.7 Å². The van der Waals surface area contributed by atoms with Crippen molar-refractivity contribution in [3.05, 3.63) is 26.7 Å². The van der Waals surface area contributed by atoms with Crippen LogP contribution in [0.4, 0.5) is 0 Å². The lowest BCUT2D eigenvalue weighted by molar-refractivity contribution is 0.613. The van der Waals surface area contributed by atoms with Crippen molar-refractivity contribution in [3.8, 4) is 0 Å². The third-order valence-corrected chi connectivity index (χ3v) is 3.18. The minimum Gasteiger partial charge on any atom is -0.324 e. The molecule has 0 fully saturated rings. The monoisotopic (exact) mass is 265 g/mol. The standard InChI is InChI=1S/C12H19N5O2/c1-4-5-6-17-10-9(11(18)15-12(17)19)16(3)8(14-10)7-13-2/h13H,4-7H2,1-3H3,(H,15,18,19). The van der Waals surface area contributed by atoms with Crippen LogP contribution in [0.25, 0.3) is 11.2 Å². The normalized spacial score (nSPS) is 11.3. The number of hydrogen-bond acceptors (Lipinski definition) is 4. The van der Waals surface area contributed by atoms with E-state index in [-0.39, 0.29) is 11.2 Å². The van der Waals surface area contributed by atoms with E-state index in [1.54, 1.807) is 16.2 Å². The van der Waals surface area contributed by atoms with Gasteiger partial charge < -0.3 is 9.88 Å². The van der Waals surface area contributed by atoms with E-state index < -0.39 is 0 Å². The van der Waals surface area contributed by atoms with Crippen molar-refractivity contribution in [2.24, 2.45) is 7.05 Å². The minimum atomic E-state index is -0.389. The molecule has 7 nitrogen and oxygen atoms in total. The smallest absolute Gasteiger partial charge is 0.324 e. The van der Waals surface area contributed by atoms with E-state index in [1.165, 1.54) is 0 Å². The van der Waals surface area contributed by atoms with Gasteiger partial charge in [-0.3, -0.25) is 14.3 Å². The zero-order valence-electron chi connectivity index (χ0n) is 11.5. The molecule has 2 rings (SSSR count). The maximum atomic E-state index is 11.9. The molecule has 0 radical (unpaired) electrons. The van der Waals surface area contributed by atoms with E-state index in [2.05, 4.69) is 22.2 Å². The van der Waals surface area contributed by atoms with Crippen molar-refractivity contribution in [2.75, 3.05) is 7.05 Å². The molecule has 0 aliphatic carbocycles. The average molecular weight is 265 g/mol. The van der Waals surface area contributed by atoms with Crippen LogP contribution in [0.5, 0.6) is 0 Å². The zero-order valence-corrected chi connectivity index (χ0v) is 11.5. The minimum absolute atomic E-state index is 0.384. The van der Waals surface area contributed by atoms with E-state index in [1.807, 2.05) is 7.05 Å². The first-order valence-corrected chi connectivity index (χ1v) is 6.43. The van der Waals surface area contributed by atoms with Gasteiger partial charge in [-0.1, -0.05) is 13.3 Å². The summed E-state index contributed by atoms with van der Waals surface area (Å²) >= 11 is 0. The first kappa shape index (κ1) is 13.5. The van der Waals surface area contributed by atoms with Gasteiger partial charge in [0.05, 0.1) is 6.54 Å². The lowest BCUT2D eigenvalue weighted by Crippen LogP contribution is -2.31. The quantitative estimate of drug-likeness (QED) is 0.793. The summed E-state index contributed by atoms with van der Waals surface area (Å²) in [6.45, 7) is 3.17. The third-order valence-electron chi connectivity index (χ3n) is 3.18. The SMILES string of the molecule is CCCCn1c(=O)[nH]c(=O)c2c1nc(CNC)n2C. The molecule has 0 atom stereocenters. The Kier molecular flexibility index (Phi) is 3.84. The van der Waals surface area contributed by atoms with Crippen molar-refractivity contribution >= 4 is 11.2 Å². The van der Waals surface area contributed by atoms with Crippen LogP contribution in [-0.2, 0) is 20.1 Å². The number of rotatable bonds is 5. The molecule has 0 aromatic carbocycles. The Balaban J connectivity index is 2.71. The number of fused-ring (bicyclic) bond motifs is 1. The summed E-state index contributed by atoms with van der Waals surface area (Å²) in [6, 6.07) is 0. The Morgan fingerprint density at radius 3 is 2.74 bits per heavy atom. The summed E-state index contributed by atoms with van der Waals surface area (Å²) in [6.07, 6.45) is 1.85. The van der Waals surface area contributed by atoms with Crippen LogP contribution >= 0.6 is 0 Å². The van der Waals surface area contributed by atoms with Crippen molar-refractivity contribution < 1.29 is 0 Å². The first-order chi connectivity index (χ1) is 9.10. The molecule has 0 aliphatic rings. The molecule has 19 heavy (non-hydrogen) atoms. The lowest BCUT2D eigenvalue weighted by Gasteiger charge is -2.04. The molecule has 0 bridgehead atoms. The second-order valence-corrected chi connectivity index (χ2v) is 4.55. The summed E-state index contributed by atoms with van der Waals surface area (Å²) in [5, 5.41) is 3.00. The Hall–Kier alpha value is -1.89.